The van der Waals surface area contributed by atoms with E-state index < -0.39 is 0 Å². The van der Waals surface area contributed by atoms with E-state index in [-0.39, 0.29) is 0 Å². The fraction of sp³-hybridized carbons (Fsp3) is 0.846. The van der Waals surface area contributed by atoms with Crippen LogP contribution in [0.15, 0.2) is 0 Å². The molecule has 1 rings (SSSR count). The van der Waals surface area contributed by atoms with Crippen molar-refractivity contribution in [3.05, 3.63) is 0 Å². The van der Waals surface area contributed by atoms with E-state index in [1.54, 1.807) is 0 Å². The average molecular weight is 210 g/mol. The van der Waals surface area contributed by atoms with Crippen molar-refractivity contribution >= 4 is 11.8 Å². The van der Waals surface area contributed by atoms with Gasteiger partial charge < -0.3 is 0 Å². The zero-order chi connectivity index (χ0) is 10.6. The van der Waals surface area contributed by atoms with Gasteiger partial charge in [-0.3, -0.25) is 0 Å². The third-order valence-electron chi connectivity index (χ3n) is 3.55. The molecule has 0 aromatic rings. The van der Waals surface area contributed by atoms with Gasteiger partial charge in [0.1, 0.15) is 0 Å². The third-order valence-corrected chi connectivity index (χ3v) is 4.77. The molecule has 0 bridgehead atoms. The third kappa shape index (κ3) is 3.24. The molecule has 1 fully saturated rings. The number of thioether (sulfide) groups is 1. The summed E-state index contributed by atoms with van der Waals surface area (Å²) >= 11 is 1.95. The predicted octanol–water partition coefficient (Wildman–Crippen LogP) is 3.81. The van der Waals surface area contributed by atoms with E-state index in [2.05, 4.69) is 26.7 Å². The first-order valence-corrected chi connectivity index (χ1v) is 6.77. The summed E-state index contributed by atoms with van der Waals surface area (Å²) in [4.78, 5) is 0. The number of terminal acetylenes is 1. The molecule has 0 saturated heterocycles. The highest BCUT2D eigenvalue weighted by molar-refractivity contribution is 8.00. The van der Waals surface area contributed by atoms with Crippen LogP contribution in [-0.2, 0) is 0 Å². The lowest BCUT2D eigenvalue weighted by Gasteiger charge is -2.34. The average Bonchev–Trinajstić information content (AvgIpc) is 2.16. The van der Waals surface area contributed by atoms with Crippen LogP contribution in [0.5, 0.6) is 0 Å². The Labute approximate surface area is 93.2 Å². The first-order valence-electron chi connectivity index (χ1n) is 5.73. The van der Waals surface area contributed by atoms with Crippen LogP contribution in [0.2, 0.25) is 0 Å². The molecule has 1 aliphatic carbocycles. The molecule has 0 nitrogen and oxygen atoms in total. The minimum Gasteiger partial charge on any atom is -0.145 e. The zero-order valence-electron chi connectivity index (χ0n) is 9.62. The zero-order valence-corrected chi connectivity index (χ0v) is 10.4. The maximum atomic E-state index is 5.39. The quantitative estimate of drug-likeness (QED) is 0.638. The fourth-order valence-electron chi connectivity index (χ4n) is 2.38. The van der Waals surface area contributed by atoms with E-state index in [1.807, 2.05) is 11.8 Å². The minimum absolute atomic E-state index is 0.385. The van der Waals surface area contributed by atoms with Crippen LogP contribution in [0, 0.1) is 30.1 Å². The molecule has 80 valence electrons. The molecule has 0 aliphatic heterocycles. The molecule has 1 heteroatoms. The predicted molar refractivity (Wildman–Crippen MR) is 66.4 cm³/mol. The second-order valence-corrected chi connectivity index (χ2v) is 6.07. The van der Waals surface area contributed by atoms with Gasteiger partial charge >= 0.3 is 0 Å². The first-order chi connectivity index (χ1) is 6.65. The van der Waals surface area contributed by atoms with Crippen molar-refractivity contribution in [2.24, 2.45) is 17.8 Å². The molecular formula is C13H22S. The molecule has 0 N–H and O–H groups in total. The van der Waals surface area contributed by atoms with Gasteiger partial charge in [0.2, 0.25) is 0 Å². The lowest BCUT2D eigenvalue weighted by atomic mass is 9.75. The largest absolute Gasteiger partial charge is 0.145 e. The highest BCUT2D eigenvalue weighted by Crippen LogP contribution is 2.36. The van der Waals surface area contributed by atoms with Crippen molar-refractivity contribution in [1.29, 1.82) is 0 Å². The smallest absolute Gasteiger partial charge is 0.0626 e. The molecule has 3 atom stereocenters. The minimum atomic E-state index is 0.385. The molecule has 0 amide bonds. The maximum absolute atomic E-state index is 5.39. The van der Waals surface area contributed by atoms with Crippen molar-refractivity contribution < 1.29 is 0 Å². The summed E-state index contributed by atoms with van der Waals surface area (Å²) in [5, 5.41) is 0.385. The monoisotopic (exact) mass is 210 g/mol. The fourth-order valence-corrected chi connectivity index (χ4v) is 3.65. The summed E-state index contributed by atoms with van der Waals surface area (Å²) < 4.78 is 0. The Balaban J connectivity index is 2.37. The first kappa shape index (κ1) is 12.0. The highest BCUT2D eigenvalue weighted by Gasteiger charge is 2.27. The van der Waals surface area contributed by atoms with Crippen molar-refractivity contribution in [2.45, 2.75) is 45.3 Å². The topological polar surface area (TPSA) is 0 Å². The summed E-state index contributed by atoms with van der Waals surface area (Å²) in [7, 11) is 0. The Morgan fingerprint density at radius 2 is 1.93 bits per heavy atom. The van der Waals surface area contributed by atoms with Gasteiger partial charge in [0, 0.05) is 0 Å². The standard InChI is InChI=1S/C13H22S/c1-5-12(4)14-9-13-10(2)7-6-8-11(13)3/h1,10-13H,6-9H2,2-4H3. The Hall–Kier alpha value is -0.0900. The van der Waals surface area contributed by atoms with Gasteiger partial charge in [-0.25, -0.2) is 0 Å². The van der Waals surface area contributed by atoms with Crippen LogP contribution in [0.3, 0.4) is 0 Å². The summed E-state index contributed by atoms with van der Waals surface area (Å²) in [5.74, 6) is 6.75. The van der Waals surface area contributed by atoms with E-state index in [0.29, 0.717) is 5.25 Å². The Kier molecular flexibility index (Phi) is 4.89. The molecule has 3 unspecified atom stereocenters. The van der Waals surface area contributed by atoms with Crippen molar-refractivity contribution in [2.75, 3.05) is 5.75 Å². The number of hydrogen-bond donors (Lipinski definition) is 0. The Bertz CT molecular complexity index is 194. The van der Waals surface area contributed by atoms with Crippen LogP contribution < -0.4 is 0 Å². The van der Waals surface area contributed by atoms with Crippen molar-refractivity contribution in [3.63, 3.8) is 0 Å². The van der Waals surface area contributed by atoms with E-state index in [9.17, 15) is 0 Å². The van der Waals surface area contributed by atoms with Gasteiger partial charge in [0.15, 0.2) is 0 Å². The molecule has 0 heterocycles. The van der Waals surface area contributed by atoms with E-state index in [1.165, 1.54) is 25.0 Å². The number of hydrogen-bond acceptors (Lipinski definition) is 1. The molecule has 1 aliphatic rings. The normalized spacial score (nSPS) is 34.9. The Morgan fingerprint density at radius 3 is 2.43 bits per heavy atom. The summed E-state index contributed by atoms with van der Waals surface area (Å²) in [6, 6.07) is 0. The van der Waals surface area contributed by atoms with Gasteiger partial charge in [0.05, 0.1) is 5.25 Å². The molecule has 0 aromatic carbocycles. The molecule has 0 aromatic heterocycles. The van der Waals surface area contributed by atoms with Gasteiger partial charge in [-0.15, -0.1) is 18.2 Å². The lowest BCUT2D eigenvalue weighted by molar-refractivity contribution is 0.202. The summed E-state index contributed by atoms with van der Waals surface area (Å²) in [6.45, 7) is 6.94. The SMILES string of the molecule is C#CC(C)SCC1C(C)CCCC1C. The molecule has 0 spiro atoms. The van der Waals surface area contributed by atoms with E-state index >= 15 is 0 Å². The van der Waals surface area contributed by atoms with Crippen LogP contribution in [0.25, 0.3) is 0 Å². The van der Waals surface area contributed by atoms with E-state index in [0.717, 1.165) is 17.8 Å². The maximum Gasteiger partial charge on any atom is 0.0626 e. The lowest BCUT2D eigenvalue weighted by Crippen LogP contribution is -2.27. The van der Waals surface area contributed by atoms with E-state index in [4.69, 9.17) is 6.42 Å². The van der Waals surface area contributed by atoms with Crippen LogP contribution in [0.1, 0.15) is 40.0 Å². The molecule has 1 saturated carbocycles. The molecular weight excluding hydrogens is 188 g/mol. The van der Waals surface area contributed by atoms with Gasteiger partial charge in [-0.2, -0.15) is 0 Å². The molecule has 14 heavy (non-hydrogen) atoms. The second kappa shape index (κ2) is 5.71. The van der Waals surface area contributed by atoms with Crippen molar-refractivity contribution in [3.8, 4) is 12.3 Å². The second-order valence-electron chi connectivity index (χ2n) is 4.69. The van der Waals surface area contributed by atoms with Gasteiger partial charge in [-0.05, 0) is 30.4 Å². The van der Waals surface area contributed by atoms with Crippen LogP contribution >= 0.6 is 11.8 Å². The summed E-state index contributed by atoms with van der Waals surface area (Å²) in [5.41, 5.74) is 0. The van der Waals surface area contributed by atoms with Gasteiger partial charge in [0.25, 0.3) is 0 Å². The van der Waals surface area contributed by atoms with Crippen LogP contribution in [-0.4, -0.2) is 11.0 Å². The molecule has 0 radical (unpaired) electrons. The summed E-state index contributed by atoms with van der Waals surface area (Å²) in [6.07, 6.45) is 9.64. The number of rotatable bonds is 3. The highest BCUT2D eigenvalue weighted by atomic mass is 32.2. The van der Waals surface area contributed by atoms with Crippen molar-refractivity contribution in [1.82, 2.24) is 0 Å². The van der Waals surface area contributed by atoms with Gasteiger partial charge in [-0.1, -0.05) is 39.0 Å². The Morgan fingerprint density at radius 1 is 1.36 bits per heavy atom. The van der Waals surface area contributed by atoms with Crippen LogP contribution in [0.4, 0.5) is 0 Å².